The minimum absolute atomic E-state index is 0.182. The van der Waals surface area contributed by atoms with Crippen molar-refractivity contribution in [2.75, 3.05) is 33.4 Å². The highest BCUT2D eigenvalue weighted by Crippen LogP contribution is 2.34. The maximum absolute atomic E-state index is 13.0. The fraction of sp³-hybridized carbons (Fsp3) is 0.435. The molecule has 0 unspecified atom stereocenters. The number of amides is 1. The molecule has 1 fully saturated rings. The van der Waals surface area contributed by atoms with E-state index in [1.807, 2.05) is 6.92 Å². The molecular weight excluding hydrogens is 449 g/mol. The molecule has 0 bridgehead atoms. The Labute approximate surface area is 197 Å². The minimum Gasteiger partial charge on any atom is -0.496 e. The number of hydrogen-bond acceptors (Lipinski definition) is 5. The smallest absolute Gasteiger partial charge is 0.255 e. The number of carbonyl (C=O) groups is 1. The lowest BCUT2D eigenvalue weighted by molar-refractivity contribution is 0.0827. The second kappa shape index (κ2) is 11.2. The molecule has 0 saturated carbocycles. The Kier molecular flexibility index (Phi) is 8.38. The predicted molar refractivity (Wildman–Crippen MR) is 125 cm³/mol. The topological polar surface area (TPSA) is 99.6 Å². The van der Waals surface area contributed by atoms with Crippen LogP contribution in [0, 0.1) is 5.82 Å². The summed E-state index contributed by atoms with van der Waals surface area (Å²) in [6.07, 6.45) is 2.45. The van der Waals surface area contributed by atoms with Gasteiger partial charge < -0.3 is 19.7 Å². The monoisotopic (exact) mass is 475 g/mol. The summed E-state index contributed by atoms with van der Waals surface area (Å²) in [6.45, 7) is 5.17. The van der Waals surface area contributed by atoms with Gasteiger partial charge >= 0.3 is 0 Å². The number of methoxy groups -OCH3 is 1. The van der Waals surface area contributed by atoms with E-state index >= 15 is 0 Å². The first-order chi connectivity index (χ1) is 15.8. The Hall–Kier alpha value is -3.00. The van der Waals surface area contributed by atoms with Crippen molar-refractivity contribution in [3.05, 3.63) is 63.2 Å². The molecule has 0 atom stereocenters. The average molecular weight is 476 g/mol. The molecule has 176 valence electrons. The fourth-order valence-electron chi connectivity index (χ4n) is 3.76. The summed E-state index contributed by atoms with van der Waals surface area (Å²) in [6, 6.07) is 8.92. The van der Waals surface area contributed by atoms with Crippen LogP contribution in [0.15, 0.2) is 41.5 Å². The van der Waals surface area contributed by atoms with Gasteiger partial charge in [-0.3, -0.25) is 4.79 Å². The van der Waals surface area contributed by atoms with E-state index in [-0.39, 0.29) is 28.0 Å². The number of nitrogens with zero attached hydrogens (tertiary/aromatic N) is 4. The van der Waals surface area contributed by atoms with Crippen molar-refractivity contribution in [2.24, 2.45) is 5.11 Å². The lowest BCUT2D eigenvalue weighted by Gasteiger charge is -2.40. The van der Waals surface area contributed by atoms with E-state index in [0.717, 1.165) is 38.9 Å². The molecule has 3 rings (SSSR count). The number of ether oxygens (including phenoxy) is 2. The Bertz CT molecular complexity index is 1020. The Morgan fingerprint density at radius 1 is 1.30 bits per heavy atom. The number of rotatable bonds is 9. The van der Waals surface area contributed by atoms with E-state index in [1.165, 1.54) is 31.4 Å². The zero-order valence-corrected chi connectivity index (χ0v) is 19.4. The second-order valence-corrected chi connectivity index (χ2v) is 8.61. The molecule has 8 nitrogen and oxygen atoms in total. The third-order valence-corrected chi connectivity index (χ3v) is 6.04. The summed E-state index contributed by atoms with van der Waals surface area (Å²) >= 11 is 6.15. The summed E-state index contributed by atoms with van der Waals surface area (Å²) in [4.78, 5) is 18.0. The number of piperidine rings is 1. The average Bonchev–Trinajstić information content (AvgIpc) is 2.80. The second-order valence-electron chi connectivity index (χ2n) is 8.21. The highest BCUT2D eigenvalue weighted by Gasteiger charge is 2.32. The first kappa shape index (κ1) is 24.6. The van der Waals surface area contributed by atoms with Crippen LogP contribution in [-0.2, 0) is 0 Å². The maximum atomic E-state index is 13.0. The molecule has 0 aromatic heterocycles. The van der Waals surface area contributed by atoms with E-state index in [2.05, 4.69) is 20.2 Å². The number of likely N-dealkylation sites (tertiary alicyclic amines) is 1. The standard InChI is InChI=1S/C23H27ClFN5O3/c1-23(27-22(31)18-14-19(24)20(28-29-26)15-21(18)32-2)8-11-30(12-9-23)10-3-13-33-17-6-4-16(25)5-7-17/h4-7,14-15H,3,8-13H2,1-2H3,(H,27,31). The van der Waals surface area contributed by atoms with Crippen molar-refractivity contribution < 1.29 is 18.7 Å². The molecule has 1 aliphatic heterocycles. The van der Waals surface area contributed by atoms with Crippen LogP contribution >= 0.6 is 11.6 Å². The number of hydrogen-bond donors (Lipinski definition) is 1. The van der Waals surface area contributed by atoms with Crippen molar-refractivity contribution in [1.29, 1.82) is 0 Å². The van der Waals surface area contributed by atoms with Gasteiger partial charge in [-0.05, 0) is 68.1 Å². The van der Waals surface area contributed by atoms with Crippen LogP contribution < -0.4 is 14.8 Å². The van der Waals surface area contributed by atoms with Gasteiger partial charge in [-0.15, -0.1) is 0 Å². The molecule has 1 aliphatic rings. The zero-order valence-electron chi connectivity index (χ0n) is 18.7. The van der Waals surface area contributed by atoms with Crippen LogP contribution in [0.1, 0.15) is 36.5 Å². The fourth-order valence-corrected chi connectivity index (χ4v) is 3.96. The molecule has 1 amide bonds. The molecule has 1 heterocycles. The number of halogens is 2. The quantitative estimate of drug-likeness (QED) is 0.224. The third kappa shape index (κ3) is 6.74. The van der Waals surface area contributed by atoms with Crippen LogP contribution in [0.5, 0.6) is 11.5 Å². The lowest BCUT2D eigenvalue weighted by atomic mass is 9.89. The van der Waals surface area contributed by atoms with Crippen molar-refractivity contribution in [3.8, 4) is 11.5 Å². The highest BCUT2D eigenvalue weighted by molar-refractivity contribution is 6.33. The highest BCUT2D eigenvalue weighted by atomic mass is 35.5. The van der Waals surface area contributed by atoms with E-state index < -0.39 is 0 Å². The van der Waals surface area contributed by atoms with Gasteiger partial charge in [-0.2, -0.15) is 0 Å². The van der Waals surface area contributed by atoms with Crippen LogP contribution in [0.2, 0.25) is 5.02 Å². The first-order valence-corrected chi connectivity index (χ1v) is 11.1. The molecule has 1 saturated heterocycles. The Morgan fingerprint density at radius 2 is 2.00 bits per heavy atom. The Morgan fingerprint density at radius 3 is 2.64 bits per heavy atom. The molecule has 0 aliphatic carbocycles. The third-order valence-electron chi connectivity index (χ3n) is 5.74. The molecule has 33 heavy (non-hydrogen) atoms. The van der Waals surface area contributed by atoms with Gasteiger partial charge in [0.15, 0.2) is 0 Å². The van der Waals surface area contributed by atoms with Gasteiger partial charge in [0.25, 0.3) is 5.91 Å². The summed E-state index contributed by atoms with van der Waals surface area (Å²) in [5, 5.41) is 6.81. The van der Waals surface area contributed by atoms with Crippen molar-refractivity contribution in [1.82, 2.24) is 10.2 Å². The van der Waals surface area contributed by atoms with Gasteiger partial charge in [-0.25, -0.2) is 4.39 Å². The Balaban J connectivity index is 1.49. The molecule has 2 aromatic carbocycles. The van der Waals surface area contributed by atoms with Crippen molar-refractivity contribution >= 4 is 23.2 Å². The summed E-state index contributed by atoms with van der Waals surface area (Å²) in [5.41, 5.74) is 8.78. The number of benzene rings is 2. The van der Waals surface area contributed by atoms with Gasteiger partial charge in [0, 0.05) is 30.1 Å². The summed E-state index contributed by atoms with van der Waals surface area (Å²) < 4.78 is 23.9. The van der Waals surface area contributed by atoms with Crippen molar-refractivity contribution in [2.45, 2.75) is 31.7 Å². The van der Waals surface area contributed by atoms with Gasteiger partial charge in [-0.1, -0.05) is 16.7 Å². The largest absolute Gasteiger partial charge is 0.496 e. The molecule has 1 N–H and O–H groups in total. The van der Waals surface area contributed by atoms with Crippen LogP contribution in [0.25, 0.3) is 10.4 Å². The maximum Gasteiger partial charge on any atom is 0.255 e. The lowest BCUT2D eigenvalue weighted by Crippen LogP contribution is -2.53. The normalized spacial score (nSPS) is 15.4. The molecule has 2 aromatic rings. The van der Waals surface area contributed by atoms with Crippen LogP contribution in [0.4, 0.5) is 10.1 Å². The van der Waals surface area contributed by atoms with Gasteiger partial charge in [0.05, 0.1) is 30.0 Å². The minimum atomic E-state index is -0.362. The SMILES string of the molecule is COc1cc(N=[N+]=[N-])c(Cl)cc1C(=O)NC1(C)CCN(CCCOc2ccc(F)cc2)CC1. The summed E-state index contributed by atoms with van der Waals surface area (Å²) in [5.74, 6) is 0.386. The van der Waals surface area contributed by atoms with E-state index in [9.17, 15) is 9.18 Å². The molecular formula is C23H27ClFN5O3. The van der Waals surface area contributed by atoms with Crippen LogP contribution in [0.3, 0.4) is 0 Å². The van der Waals surface area contributed by atoms with E-state index in [0.29, 0.717) is 23.7 Å². The van der Waals surface area contributed by atoms with Crippen LogP contribution in [-0.4, -0.2) is 49.7 Å². The molecule has 0 spiro atoms. The predicted octanol–water partition coefficient (Wildman–Crippen LogP) is 5.48. The van der Waals surface area contributed by atoms with E-state index in [1.54, 1.807) is 12.1 Å². The van der Waals surface area contributed by atoms with E-state index in [4.69, 9.17) is 26.6 Å². The van der Waals surface area contributed by atoms with Crippen molar-refractivity contribution in [3.63, 3.8) is 0 Å². The van der Waals surface area contributed by atoms with Gasteiger partial charge in [0.2, 0.25) is 0 Å². The zero-order chi connectivity index (χ0) is 23.8. The number of nitrogens with one attached hydrogen (secondary N) is 1. The molecule has 0 radical (unpaired) electrons. The molecule has 10 heteroatoms. The van der Waals surface area contributed by atoms with Gasteiger partial charge in [0.1, 0.15) is 17.3 Å². The number of azide groups is 1. The summed E-state index contributed by atoms with van der Waals surface area (Å²) in [7, 11) is 1.44. The first-order valence-electron chi connectivity index (χ1n) is 10.7. The number of carbonyl (C=O) groups excluding carboxylic acids is 1.